The molecule has 0 atom stereocenters. The number of rotatable bonds is 0. The summed E-state index contributed by atoms with van der Waals surface area (Å²) in [7, 11) is 2.26. The van der Waals surface area contributed by atoms with E-state index in [4.69, 9.17) is 0 Å². The third-order valence-corrected chi connectivity index (χ3v) is 3.65. The zero-order valence-corrected chi connectivity index (χ0v) is 9.90. The Kier molecular flexibility index (Phi) is 2.61. The Morgan fingerprint density at radius 2 is 1.64 bits per heavy atom. The van der Waals surface area contributed by atoms with Crippen molar-refractivity contribution in [2.75, 3.05) is 20.1 Å². The Morgan fingerprint density at radius 3 is 2.21 bits per heavy atom. The number of nitrogens with one attached hydrogen (secondary N) is 1. The molecule has 1 N–H and O–H groups in total. The van der Waals surface area contributed by atoms with Gasteiger partial charge >= 0.3 is 0 Å². The molecule has 0 radical (unpaired) electrons. The van der Waals surface area contributed by atoms with Gasteiger partial charge in [0.2, 0.25) is 0 Å². The smallest absolute Gasteiger partial charge is 0.0313 e. The predicted molar refractivity (Wildman–Crippen MR) is 60.5 cm³/mol. The number of hydrogen-bond donors (Lipinski definition) is 1. The van der Waals surface area contributed by atoms with Crippen LogP contribution in [0.25, 0.3) is 0 Å². The highest BCUT2D eigenvalue weighted by Gasteiger charge is 2.41. The van der Waals surface area contributed by atoms with E-state index < -0.39 is 0 Å². The first-order valence-corrected chi connectivity index (χ1v) is 5.99. The van der Waals surface area contributed by atoms with Crippen molar-refractivity contribution in [3.8, 4) is 0 Å². The molecule has 1 spiro atoms. The van der Waals surface area contributed by atoms with Gasteiger partial charge in [-0.05, 0) is 33.7 Å². The van der Waals surface area contributed by atoms with Crippen LogP contribution in [0.5, 0.6) is 0 Å². The topological polar surface area (TPSA) is 15.3 Å². The van der Waals surface area contributed by atoms with E-state index in [1.165, 1.54) is 45.2 Å². The summed E-state index contributed by atoms with van der Waals surface area (Å²) in [5.74, 6) is 0. The number of piperazine rings is 1. The average molecular weight is 196 g/mol. The monoisotopic (exact) mass is 196 g/mol. The van der Waals surface area contributed by atoms with Gasteiger partial charge in [0.1, 0.15) is 0 Å². The van der Waals surface area contributed by atoms with Gasteiger partial charge in [0.25, 0.3) is 0 Å². The molecule has 0 aromatic rings. The van der Waals surface area contributed by atoms with Crippen LogP contribution < -0.4 is 5.32 Å². The largest absolute Gasteiger partial charge is 0.304 e. The molecule has 14 heavy (non-hydrogen) atoms. The van der Waals surface area contributed by atoms with E-state index >= 15 is 0 Å². The molecule has 0 bridgehead atoms. The van der Waals surface area contributed by atoms with Crippen molar-refractivity contribution >= 4 is 0 Å². The maximum Gasteiger partial charge on any atom is 0.0313 e. The second-order valence-electron chi connectivity index (χ2n) is 6.02. The van der Waals surface area contributed by atoms with Crippen LogP contribution in [-0.2, 0) is 0 Å². The highest BCUT2D eigenvalue weighted by atomic mass is 15.2. The normalized spacial score (nSPS) is 31.9. The van der Waals surface area contributed by atoms with Gasteiger partial charge in [0.15, 0.2) is 0 Å². The fraction of sp³-hybridized carbons (Fsp3) is 1.00. The van der Waals surface area contributed by atoms with E-state index in [-0.39, 0.29) is 0 Å². The van der Waals surface area contributed by atoms with Crippen LogP contribution in [0, 0.1) is 0 Å². The van der Waals surface area contributed by atoms with E-state index in [1.807, 2.05) is 0 Å². The molecule has 1 saturated heterocycles. The van der Waals surface area contributed by atoms with Crippen LogP contribution in [0.15, 0.2) is 0 Å². The summed E-state index contributed by atoms with van der Waals surface area (Å²) < 4.78 is 0. The first-order valence-electron chi connectivity index (χ1n) is 5.99. The summed E-state index contributed by atoms with van der Waals surface area (Å²) in [6, 6.07) is 0. The molecule has 2 aliphatic rings. The summed E-state index contributed by atoms with van der Waals surface area (Å²) in [5, 5.41) is 3.90. The fourth-order valence-corrected chi connectivity index (χ4v) is 3.56. The van der Waals surface area contributed by atoms with Crippen molar-refractivity contribution in [3.63, 3.8) is 0 Å². The quantitative estimate of drug-likeness (QED) is 0.637. The lowest BCUT2D eigenvalue weighted by atomic mass is 9.77. The van der Waals surface area contributed by atoms with Gasteiger partial charge in [-0.1, -0.05) is 19.3 Å². The first kappa shape index (κ1) is 10.4. The van der Waals surface area contributed by atoms with E-state index in [2.05, 4.69) is 31.1 Å². The van der Waals surface area contributed by atoms with Crippen LogP contribution in [0.2, 0.25) is 0 Å². The maximum absolute atomic E-state index is 3.90. The van der Waals surface area contributed by atoms with Gasteiger partial charge in [-0.15, -0.1) is 0 Å². The molecular formula is C12H24N2. The second kappa shape index (κ2) is 3.49. The van der Waals surface area contributed by atoms with Crippen LogP contribution >= 0.6 is 0 Å². The lowest BCUT2D eigenvalue weighted by molar-refractivity contribution is 0.0523. The SMILES string of the molecule is CN1CC(C)(C)NC2(CCCCC2)C1. The Balaban J connectivity index is 2.10. The first-order chi connectivity index (χ1) is 6.52. The van der Waals surface area contributed by atoms with Crippen LogP contribution in [0.4, 0.5) is 0 Å². The van der Waals surface area contributed by atoms with Gasteiger partial charge in [-0.25, -0.2) is 0 Å². The van der Waals surface area contributed by atoms with Crippen molar-refractivity contribution in [1.29, 1.82) is 0 Å². The zero-order chi connectivity index (χ0) is 10.2. The van der Waals surface area contributed by atoms with Gasteiger partial charge < -0.3 is 10.2 Å². The zero-order valence-electron chi connectivity index (χ0n) is 9.90. The third-order valence-electron chi connectivity index (χ3n) is 3.65. The summed E-state index contributed by atoms with van der Waals surface area (Å²) >= 11 is 0. The molecule has 2 heteroatoms. The Hall–Kier alpha value is -0.0800. The van der Waals surface area contributed by atoms with Crippen molar-refractivity contribution in [2.24, 2.45) is 0 Å². The molecule has 1 aliphatic heterocycles. The van der Waals surface area contributed by atoms with Crippen LogP contribution in [0.1, 0.15) is 46.0 Å². The molecular weight excluding hydrogens is 172 g/mol. The van der Waals surface area contributed by atoms with E-state index in [0.29, 0.717) is 11.1 Å². The van der Waals surface area contributed by atoms with Crippen molar-refractivity contribution < 1.29 is 0 Å². The standard InChI is InChI=1S/C12H24N2/c1-11(2)9-14(3)10-12(13-11)7-5-4-6-8-12/h13H,4-10H2,1-3H3. The Morgan fingerprint density at radius 1 is 1.00 bits per heavy atom. The van der Waals surface area contributed by atoms with Gasteiger partial charge in [0, 0.05) is 24.2 Å². The van der Waals surface area contributed by atoms with E-state index in [0.717, 1.165) is 0 Å². The minimum absolute atomic E-state index is 0.296. The fourth-order valence-electron chi connectivity index (χ4n) is 3.56. The minimum atomic E-state index is 0.296. The van der Waals surface area contributed by atoms with Gasteiger partial charge in [-0.2, -0.15) is 0 Å². The predicted octanol–water partition coefficient (Wildman–Crippen LogP) is 2.00. The van der Waals surface area contributed by atoms with Crippen molar-refractivity contribution in [3.05, 3.63) is 0 Å². The van der Waals surface area contributed by atoms with Gasteiger partial charge in [-0.3, -0.25) is 0 Å². The molecule has 1 aliphatic carbocycles. The van der Waals surface area contributed by atoms with Crippen LogP contribution in [0.3, 0.4) is 0 Å². The van der Waals surface area contributed by atoms with E-state index in [9.17, 15) is 0 Å². The minimum Gasteiger partial charge on any atom is -0.304 e. The number of nitrogens with zero attached hydrogens (tertiary/aromatic N) is 1. The lowest BCUT2D eigenvalue weighted by Gasteiger charge is -2.52. The molecule has 82 valence electrons. The summed E-state index contributed by atoms with van der Waals surface area (Å²) in [6.07, 6.45) is 7.02. The molecule has 0 aromatic heterocycles. The molecule has 2 rings (SSSR count). The summed E-state index contributed by atoms with van der Waals surface area (Å²) in [5.41, 5.74) is 0.735. The van der Waals surface area contributed by atoms with Crippen molar-refractivity contribution in [2.45, 2.75) is 57.0 Å². The molecule has 1 saturated carbocycles. The summed E-state index contributed by atoms with van der Waals surface area (Å²) in [6.45, 7) is 7.09. The second-order valence-corrected chi connectivity index (χ2v) is 6.02. The summed E-state index contributed by atoms with van der Waals surface area (Å²) in [4.78, 5) is 2.50. The molecule has 0 unspecified atom stereocenters. The van der Waals surface area contributed by atoms with Crippen molar-refractivity contribution in [1.82, 2.24) is 10.2 Å². The molecule has 2 fully saturated rings. The maximum atomic E-state index is 3.90. The number of hydrogen-bond acceptors (Lipinski definition) is 2. The Bertz CT molecular complexity index is 204. The molecule has 1 heterocycles. The highest BCUT2D eigenvalue weighted by molar-refractivity contribution is 5.03. The molecule has 0 aromatic carbocycles. The van der Waals surface area contributed by atoms with Crippen LogP contribution in [-0.4, -0.2) is 36.1 Å². The number of likely N-dealkylation sites (N-methyl/N-ethyl adjacent to an activating group) is 1. The van der Waals surface area contributed by atoms with Gasteiger partial charge in [0.05, 0.1) is 0 Å². The highest BCUT2D eigenvalue weighted by Crippen LogP contribution is 2.33. The third kappa shape index (κ3) is 2.12. The molecule has 2 nitrogen and oxygen atoms in total. The molecule has 0 amide bonds. The average Bonchev–Trinajstić information content (AvgIpc) is 2.00. The Labute approximate surface area is 88.1 Å². The van der Waals surface area contributed by atoms with E-state index in [1.54, 1.807) is 0 Å². The lowest BCUT2D eigenvalue weighted by Crippen LogP contribution is -2.68.